The number of aromatic amines is 1. The Labute approximate surface area is 188 Å². The zero-order valence-corrected chi connectivity index (χ0v) is 19.0. The Kier molecular flexibility index (Phi) is 6.63. The Morgan fingerprint density at radius 3 is 2.56 bits per heavy atom. The number of H-pyrrole nitrogens is 1. The van der Waals surface area contributed by atoms with E-state index in [-0.39, 0.29) is 5.69 Å². The van der Waals surface area contributed by atoms with Crippen LogP contribution in [0.25, 0.3) is 22.6 Å². The van der Waals surface area contributed by atoms with E-state index in [1.165, 1.54) is 24.8 Å². The summed E-state index contributed by atoms with van der Waals surface area (Å²) in [5.41, 5.74) is 4.29. The number of unbranched alkanes of at least 4 members (excludes halogenated alkanes) is 2. The maximum absolute atomic E-state index is 12.7. The highest BCUT2D eigenvalue weighted by atomic mass is 16.1. The van der Waals surface area contributed by atoms with Crippen molar-refractivity contribution >= 4 is 17.0 Å². The van der Waals surface area contributed by atoms with Crippen molar-refractivity contribution in [2.24, 2.45) is 0 Å². The molecular weight excluding hydrogens is 400 g/mol. The Hall–Kier alpha value is -3.48. The summed E-state index contributed by atoms with van der Waals surface area (Å²) in [6, 6.07) is 12.4. The van der Waals surface area contributed by atoms with Gasteiger partial charge in [0.1, 0.15) is 11.3 Å². The highest BCUT2D eigenvalue weighted by Crippen LogP contribution is 2.26. The van der Waals surface area contributed by atoms with Crippen molar-refractivity contribution in [3.8, 4) is 11.4 Å². The average molecular weight is 431 g/mol. The first-order valence-electron chi connectivity index (χ1n) is 11.3. The molecule has 0 unspecified atom stereocenters. The zero-order chi connectivity index (χ0) is 22.5. The highest BCUT2D eigenvalue weighted by Gasteiger charge is 2.15. The number of imidazole rings is 1. The number of aromatic nitrogens is 5. The van der Waals surface area contributed by atoms with Crippen LogP contribution in [0.3, 0.4) is 0 Å². The Morgan fingerprint density at radius 1 is 1.03 bits per heavy atom. The molecule has 0 amide bonds. The minimum Gasteiger partial charge on any atom is -0.359 e. The molecule has 7 heteroatoms. The molecule has 3 heterocycles. The van der Waals surface area contributed by atoms with Gasteiger partial charge in [0, 0.05) is 19.8 Å². The Balaban J connectivity index is 1.66. The second kappa shape index (κ2) is 9.77. The van der Waals surface area contributed by atoms with Crippen LogP contribution in [0, 0.1) is 0 Å². The van der Waals surface area contributed by atoms with Crippen molar-refractivity contribution in [2.75, 3.05) is 18.5 Å². The van der Waals surface area contributed by atoms with Crippen LogP contribution in [0.15, 0.2) is 53.6 Å². The summed E-state index contributed by atoms with van der Waals surface area (Å²) in [5, 5.41) is 0. The smallest absolute Gasteiger partial charge is 0.328 e. The van der Waals surface area contributed by atoms with E-state index in [1.807, 2.05) is 19.2 Å². The molecule has 1 aromatic carbocycles. The fourth-order valence-electron chi connectivity index (χ4n) is 3.82. The van der Waals surface area contributed by atoms with Crippen molar-refractivity contribution in [3.63, 3.8) is 0 Å². The number of aryl methyl sites for hydroxylation is 1. The monoisotopic (exact) mass is 430 g/mol. The summed E-state index contributed by atoms with van der Waals surface area (Å²) >= 11 is 0. The highest BCUT2D eigenvalue weighted by molar-refractivity contribution is 5.76. The van der Waals surface area contributed by atoms with Crippen molar-refractivity contribution in [1.82, 2.24) is 24.5 Å². The third-order valence-corrected chi connectivity index (χ3v) is 5.81. The molecule has 0 spiro atoms. The van der Waals surface area contributed by atoms with Crippen LogP contribution >= 0.6 is 0 Å². The average Bonchev–Trinajstić information content (AvgIpc) is 3.14. The molecule has 0 radical (unpaired) electrons. The van der Waals surface area contributed by atoms with Crippen molar-refractivity contribution in [2.45, 2.75) is 46.1 Å². The van der Waals surface area contributed by atoms with Crippen LogP contribution < -0.4 is 10.6 Å². The van der Waals surface area contributed by atoms with Gasteiger partial charge in [0.05, 0.1) is 18.3 Å². The van der Waals surface area contributed by atoms with Gasteiger partial charge in [0.2, 0.25) is 0 Å². The van der Waals surface area contributed by atoms with Crippen molar-refractivity contribution in [1.29, 1.82) is 0 Å². The number of nitrogens with one attached hydrogen (secondary N) is 1. The molecule has 0 fully saturated rings. The fraction of sp³-hybridized carbons (Fsp3) is 0.360. The van der Waals surface area contributed by atoms with Gasteiger partial charge in [0.15, 0.2) is 11.5 Å². The molecule has 1 N–H and O–H groups in total. The van der Waals surface area contributed by atoms with Crippen molar-refractivity contribution in [3.05, 3.63) is 70.4 Å². The molecule has 0 saturated carbocycles. The molecule has 0 saturated heterocycles. The molecule has 0 bridgehead atoms. The van der Waals surface area contributed by atoms with E-state index < -0.39 is 0 Å². The SMILES string of the molecule is CCCCCc1ccc(Cn2c(=O)[nH]c3cnc(-c4cccnc4N(C)CC)nc32)cc1. The first kappa shape index (κ1) is 21.7. The number of benzene rings is 1. The van der Waals surface area contributed by atoms with Gasteiger partial charge in [-0.05, 0) is 43.0 Å². The van der Waals surface area contributed by atoms with Crippen LogP contribution in [-0.4, -0.2) is 38.1 Å². The lowest BCUT2D eigenvalue weighted by Crippen LogP contribution is -2.19. The van der Waals surface area contributed by atoms with Crippen molar-refractivity contribution < 1.29 is 0 Å². The number of fused-ring (bicyclic) bond motifs is 1. The van der Waals surface area contributed by atoms with E-state index in [0.29, 0.717) is 23.5 Å². The minimum atomic E-state index is -0.185. The second-order valence-corrected chi connectivity index (χ2v) is 8.11. The number of pyridine rings is 1. The van der Waals surface area contributed by atoms with Crippen LogP contribution in [0.2, 0.25) is 0 Å². The van der Waals surface area contributed by atoms with Crippen LogP contribution in [-0.2, 0) is 13.0 Å². The molecule has 3 aromatic heterocycles. The lowest BCUT2D eigenvalue weighted by atomic mass is 10.1. The zero-order valence-electron chi connectivity index (χ0n) is 19.0. The van der Waals surface area contributed by atoms with Crippen LogP contribution in [0.5, 0.6) is 0 Å². The maximum Gasteiger partial charge on any atom is 0.328 e. The van der Waals surface area contributed by atoms with Crippen LogP contribution in [0.1, 0.15) is 44.2 Å². The van der Waals surface area contributed by atoms with Gasteiger partial charge in [0.25, 0.3) is 0 Å². The molecule has 4 aromatic rings. The van der Waals surface area contributed by atoms with Gasteiger partial charge >= 0.3 is 5.69 Å². The maximum atomic E-state index is 12.7. The quantitative estimate of drug-likeness (QED) is 0.398. The molecule has 0 aliphatic rings. The largest absolute Gasteiger partial charge is 0.359 e. The first-order chi connectivity index (χ1) is 15.6. The van der Waals surface area contributed by atoms with E-state index in [4.69, 9.17) is 4.98 Å². The van der Waals surface area contributed by atoms with E-state index in [1.54, 1.807) is 17.0 Å². The summed E-state index contributed by atoms with van der Waals surface area (Å²) in [4.78, 5) is 31.4. The lowest BCUT2D eigenvalue weighted by molar-refractivity contribution is 0.716. The second-order valence-electron chi connectivity index (χ2n) is 8.11. The first-order valence-corrected chi connectivity index (χ1v) is 11.3. The molecule has 0 aliphatic heterocycles. The number of anilines is 1. The number of hydrogen-bond acceptors (Lipinski definition) is 5. The van der Waals surface area contributed by atoms with Gasteiger partial charge in [-0.15, -0.1) is 0 Å². The summed E-state index contributed by atoms with van der Waals surface area (Å²) in [6.07, 6.45) is 8.22. The summed E-state index contributed by atoms with van der Waals surface area (Å²) in [7, 11) is 1.99. The van der Waals surface area contributed by atoms with E-state index in [2.05, 4.69) is 58.0 Å². The normalized spacial score (nSPS) is 11.2. The molecule has 166 valence electrons. The molecule has 4 rings (SSSR count). The van der Waals surface area contributed by atoms with Crippen LogP contribution in [0.4, 0.5) is 5.82 Å². The number of nitrogens with zero attached hydrogens (tertiary/aromatic N) is 5. The van der Waals surface area contributed by atoms with E-state index in [9.17, 15) is 4.79 Å². The summed E-state index contributed by atoms with van der Waals surface area (Å²) < 4.78 is 1.67. The molecule has 0 atom stereocenters. The predicted octanol–water partition coefficient (Wildman–Crippen LogP) is 4.42. The number of hydrogen-bond donors (Lipinski definition) is 1. The van der Waals surface area contributed by atoms with E-state index in [0.717, 1.165) is 29.9 Å². The lowest BCUT2D eigenvalue weighted by Gasteiger charge is -2.18. The van der Waals surface area contributed by atoms with Gasteiger partial charge in [-0.3, -0.25) is 4.57 Å². The summed E-state index contributed by atoms with van der Waals surface area (Å²) in [6.45, 7) is 5.56. The molecule has 0 aliphatic carbocycles. The topological polar surface area (TPSA) is 79.7 Å². The Bertz CT molecular complexity index is 1240. The Morgan fingerprint density at radius 2 is 1.81 bits per heavy atom. The summed E-state index contributed by atoms with van der Waals surface area (Å²) in [5.74, 6) is 1.37. The molecular formula is C25H30N6O. The fourth-order valence-corrected chi connectivity index (χ4v) is 3.82. The van der Waals surface area contributed by atoms with Gasteiger partial charge < -0.3 is 9.88 Å². The van der Waals surface area contributed by atoms with Gasteiger partial charge in [-0.1, -0.05) is 44.0 Å². The third-order valence-electron chi connectivity index (χ3n) is 5.81. The van der Waals surface area contributed by atoms with E-state index >= 15 is 0 Å². The van der Waals surface area contributed by atoms with Gasteiger partial charge in [-0.2, -0.15) is 0 Å². The third kappa shape index (κ3) is 4.56. The standard InChI is InChI=1S/C25H30N6O/c1-4-6-7-9-18-11-13-19(14-12-18)17-31-24-21(28-25(31)32)16-27-22(29-24)20-10-8-15-26-23(20)30(3)5-2/h8,10-16H,4-7,9,17H2,1-3H3,(H,28,32). The number of rotatable bonds is 9. The molecule has 7 nitrogen and oxygen atoms in total. The predicted molar refractivity (Wildman–Crippen MR) is 129 cm³/mol. The molecule has 32 heavy (non-hydrogen) atoms. The minimum absolute atomic E-state index is 0.185. The van der Waals surface area contributed by atoms with Gasteiger partial charge in [-0.25, -0.2) is 19.7 Å².